The Morgan fingerprint density at radius 3 is 0.767 bits per heavy atom. The van der Waals surface area contributed by atoms with Gasteiger partial charge in [0.25, 0.3) is 0 Å². The second kappa shape index (κ2) is 19.5. The van der Waals surface area contributed by atoms with E-state index in [4.69, 9.17) is 23.2 Å². The van der Waals surface area contributed by atoms with E-state index in [9.17, 15) is 0 Å². The van der Waals surface area contributed by atoms with Crippen LogP contribution >= 0.6 is 23.2 Å². The molecule has 0 amide bonds. The van der Waals surface area contributed by atoms with Gasteiger partial charge in [0.15, 0.2) is 0 Å². The van der Waals surface area contributed by atoms with Crippen LogP contribution in [0.3, 0.4) is 0 Å². The van der Waals surface area contributed by atoms with Crippen LogP contribution in [0, 0.1) is 0 Å². The Labute approximate surface area is 280 Å². The monoisotopic (exact) mass is 828 g/mol. The predicted octanol–water partition coefficient (Wildman–Crippen LogP) is 9.50. The molecule has 0 nitrogen and oxygen atoms in total. The summed E-state index contributed by atoms with van der Waals surface area (Å²) >= 11 is 6.42. The third kappa shape index (κ3) is 10.0. The minimum absolute atomic E-state index is 0.779. The Hall–Kier alpha value is -0.943. The molecule has 4 aromatic carbocycles. The third-order valence-electron chi connectivity index (χ3n) is 9.49. The first-order chi connectivity index (χ1) is 21.2. The Morgan fingerprint density at radius 2 is 0.535 bits per heavy atom. The molecule has 0 saturated heterocycles. The van der Waals surface area contributed by atoms with Crippen LogP contribution in [0.25, 0.3) is 0 Å². The molecule has 0 radical (unpaired) electrons. The molecule has 0 heterocycles. The summed E-state index contributed by atoms with van der Waals surface area (Å²) in [5.41, 5.74) is 0. The van der Waals surface area contributed by atoms with Crippen LogP contribution in [-0.4, -0.2) is 48.5 Å². The van der Waals surface area contributed by atoms with Gasteiger partial charge in [0, 0.05) is 0 Å². The van der Waals surface area contributed by atoms with Gasteiger partial charge >= 0.3 is 283 Å². The van der Waals surface area contributed by atoms with Gasteiger partial charge in [-0.15, -0.1) is 0 Å². The molecule has 0 fully saturated rings. The van der Waals surface area contributed by atoms with Crippen molar-refractivity contribution in [1.82, 2.24) is 0 Å². The molecule has 4 aromatic rings. The molecule has 0 aliphatic rings. The molecule has 0 N–H and O–H groups in total. The normalized spacial score (nSPS) is 12.0. The minimum atomic E-state index is -2.88. The van der Waals surface area contributed by atoms with Crippen molar-refractivity contribution in [2.75, 3.05) is 11.8 Å². The molecule has 228 valence electrons. The van der Waals surface area contributed by atoms with E-state index in [0.29, 0.717) is 0 Å². The summed E-state index contributed by atoms with van der Waals surface area (Å²) in [6, 6.07) is 46.6. The summed E-state index contributed by atoms with van der Waals surface area (Å²) in [6.45, 7) is 0. The van der Waals surface area contributed by atoms with Gasteiger partial charge in [0.2, 0.25) is 0 Å². The first kappa shape index (κ1) is 34.9. The molecule has 0 aromatic heterocycles. The van der Waals surface area contributed by atoms with Crippen molar-refractivity contribution in [3.8, 4) is 0 Å². The maximum absolute atomic E-state index is 6.09. The van der Waals surface area contributed by atoms with Gasteiger partial charge in [-0.3, -0.25) is 0 Å². The van der Waals surface area contributed by atoms with Gasteiger partial charge < -0.3 is 0 Å². The predicted molar refractivity (Wildman–Crippen MR) is 198 cm³/mol. The molecule has 0 unspecified atom stereocenters. The van der Waals surface area contributed by atoms with Crippen molar-refractivity contribution >= 4 is 74.3 Å². The number of rotatable bonds is 20. The molecule has 4 rings (SSSR count). The average Bonchev–Trinajstić information content (AvgIpc) is 3.08. The number of unbranched alkanes of at least 4 members (excludes halogenated alkanes) is 6. The van der Waals surface area contributed by atoms with E-state index < -0.39 is 36.8 Å². The molecule has 0 atom stereocenters. The van der Waals surface area contributed by atoms with E-state index in [1.165, 1.54) is 62.7 Å². The first-order valence-corrected chi connectivity index (χ1v) is 31.4. The summed E-state index contributed by atoms with van der Waals surface area (Å²) in [5.74, 6) is 1.56. The van der Waals surface area contributed by atoms with Crippen LogP contribution in [0.2, 0.25) is 17.7 Å². The fourth-order valence-electron chi connectivity index (χ4n) is 7.19. The van der Waals surface area contributed by atoms with Gasteiger partial charge in [0.1, 0.15) is 0 Å². The van der Waals surface area contributed by atoms with Crippen LogP contribution in [-0.2, 0) is 0 Å². The van der Waals surface area contributed by atoms with Crippen molar-refractivity contribution < 1.29 is 0 Å². The van der Waals surface area contributed by atoms with Crippen LogP contribution in [0.15, 0.2) is 121 Å². The number of benzene rings is 4. The summed E-state index contributed by atoms with van der Waals surface area (Å²) in [7, 11) is 0. The molecule has 43 heavy (non-hydrogen) atoms. The molecular weight excluding hydrogens is 777 g/mol. The Morgan fingerprint density at radius 1 is 0.302 bits per heavy atom. The van der Waals surface area contributed by atoms with Crippen molar-refractivity contribution in [2.24, 2.45) is 0 Å². The molecule has 0 spiro atoms. The van der Waals surface area contributed by atoms with Crippen molar-refractivity contribution in [3.63, 3.8) is 0 Å². The summed E-state index contributed by atoms with van der Waals surface area (Å²) < 4.78 is 12.3. The first-order valence-electron chi connectivity index (χ1n) is 16.6. The van der Waals surface area contributed by atoms with E-state index in [1.54, 1.807) is 14.3 Å². The molecule has 0 bridgehead atoms. The molecule has 4 heteroatoms. The quantitative estimate of drug-likeness (QED) is 0.0474. The van der Waals surface area contributed by atoms with Crippen LogP contribution in [0.4, 0.5) is 0 Å². The third-order valence-corrected chi connectivity index (χ3v) is 40.2. The van der Waals surface area contributed by atoms with Gasteiger partial charge in [-0.05, 0) is 0 Å². The standard InChI is InChI=1S/4C6H5.2C5H10Cl.C5H10.2Sn/c4*1-2-4-6-5-3-1;2*1-2-3-4-5-6;1-3-5-4-2;;/h4*1-5H;2*1-5H2;1-5H2;;. The summed E-state index contributed by atoms with van der Waals surface area (Å²) in [5, 5.41) is 0. The van der Waals surface area contributed by atoms with Crippen molar-refractivity contribution in [3.05, 3.63) is 121 Å². The van der Waals surface area contributed by atoms with E-state index in [2.05, 4.69) is 121 Å². The fourth-order valence-corrected chi connectivity index (χ4v) is 36.7. The second-order valence-corrected chi connectivity index (χ2v) is 37.6. The topological polar surface area (TPSA) is 0 Å². The zero-order valence-corrected chi connectivity index (χ0v) is 33.1. The van der Waals surface area contributed by atoms with Gasteiger partial charge in [-0.25, -0.2) is 0 Å². The zero-order valence-electron chi connectivity index (χ0n) is 25.9. The number of alkyl halides is 2. The number of halogens is 2. The van der Waals surface area contributed by atoms with Gasteiger partial charge in [0.05, 0.1) is 0 Å². The molecule has 0 aliphatic heterocycles. The summed E-state index contributed by atoms with van der Waals surface area (Å²) in [4.78, 5) is 0. The fraction of sp³-hybridized carbons (Fsp3) is 0.385. The summed E-state index contributed by atoms with van der Waals surface area (Å²) in [6.07, 6.45) is 11.4. The van der Waals surface area contributed by atoms with E-state index in [0.717, 1.165) is 24.6 Å². The van der Waals surface area contributed by atoms with Crippen molar-refractivity contribution in [2.45, 2.75) is 75.5 Å². The van der Waals surface area contributed by atoms with Gasteiger partial charge in [-0.2, -0.15) is 0 Å². The van der Waals surface area contributed by atoms with E-state index >= 15 is 0 Å². The Bertz CT molecular complexity index is 1090. The maximum atomic E-state index is 6.09. The number of hydrogen-bond acceptors (Lipinski definition) is 0. The Kier molecular flexibility index (Phi) is 15.9. The molecule has 0 aliphatic carbocycles. The molecule has 0 saturated carbocycles. The Balaban J connectivity index is 1.55. The average molecular weight is 827 g/mol. The van der Waals surface area contributed by atoms with Crippen molar-refractivity contribution in [1.29, 1.82) is 0 Å². The SMILES string of the molecule is ClCCCC[CH2][Sn]([CH2]CCC[CH2][Sn]([CH2]CCCCCl)([c]1ccccc1)[c]1ccccc1)([c]1ccccc1)[c]1ccccc1. The van der Waals surface area contributed by atoms with Gasteiger partial charge in [-0.1, -0.05) is 0 Å². The van der Waals surface area contributed by atoms with Crippen LogP contribution < -0.4 is 14.3 Å². The second-order valence-electron chi connectivity index (χ2n) is 12.2. The zero-order chi connectivity index (χ0) is 30.1. The van der Waals surface area contributed by atoms with E-state index in [1.807, 2.05) is 0 Å². The number of hydrogen-bond donors (Lipinski definition) is 0. The molecular formula is C39H50Cl2Sn2. The van der Waals surface area contributed by atoms with E-state index in [-0.39, 0.29) is 0 Å². The van der Waals surface area contributed by atoms with Crippen LogP contribution in [0.1, 0.15) is 57.8 Å². The van der Waals surface area contributed by atoms with Crippen LogP contribution in [0.5, 0.6) is 0 Å².